The molecular weight excluding hydrogens is 326 g/mol. The van der Waals surface area contributed by atoms with Crippen molar-refractivity contribution in [3.63, 3.8) is 0 Å². The van der Waals surface area contributed by atoms with Crippen LogP contribution >= 0.6 is 0 Å². The van der Waals surface area contributed by atoms with Gasteiger partial charge in [-0.25, -0.2) is 0 Å². The molecule has 0 radical (unpaired) electrons. The van der Waals surface area contributed by atoms with Crippen LogP contribution in [0.5, 0.6) is 5.75 Å². The lowest BCUT2D eigenvalue weighted by molar-refractivity contribution is -0.117. The molecule has 5 heteroatoms. The molecular formula is C21H23N3O2. The standard InChI is InChI=1S/C21H23N3O2/c1-26-19-10-6-5-9-18(19)23-20(25)15-24-13-11-21(16-22,12-14-24)17-7-3-2-4-8-17/h2-10H,11-15H2,1H3,(H,23,25). The van der Waals surface area contributed by atoms with Gasteiger partial charge in [0.1, 0.15) is 5.75 Å². The number of rotatable bonds is 5. The first-order valence-corrected chi connectivity index (χ1v) is 8.79. The number of hydrogen-bond acceptors (Lipinski definition) is 4. The highest BCUT2D eigenvalue weighted by atomic mass is 16.5. The van der Waals surface area contributed by atoms with Gasteiger partial charge in [0.15, 0.2) is 0 Å². The summed E-state index contributed by atoms with van der Waals surface area (Å²) in [6.07, 6.45) is 1.46. The predicted molar refractivity (Wildman–Crippen MR) is 101 cm³/mol. The minimum Gasteiger partial charge on any atom is -0.495 e. The number of nitrogens with one attached hydrogen (secondary N) is 1. The van der Waals surface area contributed by atoms with Crippen LogP contribution in [0.4, 0.5) is 5.69 Å². The Balaban J connectivity index is 1.58. The zero-order valence-electron chi connectivity index (χ0n) is 14.9. The van der Waals surface area contributed by atoms with Crippen molar-refractivity contribution in [3.8, 4) is 11.8 Å². The van der Waals surface area contributed by atoms with Gasteiger partial charge in [-0.15, -0.1) is 0 Å². The molecule has 2 aromatic carbocycles. The van der Waals surface area contributed by atoms with E-state index in [0.29, 0.717) is 18.0 Å². The highest BCUT2D eigenvalue weighted by Gasteiger charge is 2.36. The van der Waals surface area contributed by atoms with Crippen LogP contribution in [0, 0.1) is 11.3 Å². The molecule has 1 fully saturated rings. The topological polar surface area (TPSA) is 65.4 Å². The average molecular weight is 349 g/mol. The number of methoxy groups -OCH3 is 1. The van der Waals surface area contributed by atoms with E-state index in [9.17, 15) is 10.1 Å². The van der Waals surface area contributed by atoms with Crippen LogP contribution in [0.1, 0.15) is 18.4 Å². The monoisotopic (exact) mass is 349 g/mol. The zero-order valence-corrected chi connectivity index (χ0v) is 14.9. The van der Waals surface area contributed by atoms with Crippen molar-refractivity contribution in [2.45, 2.75) is 18.3 Å². The van der Waals surface area contributed by atoms with Gasteiger partial charge in [0.25, 0.3) is 0 Å². The van der Waals surface area contributed by atoms with Crippen molar-refractivity contribution in [3.05, 3.63) is 60.2 Å². The number of para-hydroxylation sites is 2. The van der Waals surface area contributed by atoms with Crippen LogP contribution in [0.3, 0.4) is 0 Å². The largest absolute Gasteiger partial charge is 0.495 e. The van der Waals surface area contributed by atoms with Gasteiger partial charge in [-0.1, -0.05) is 42.5 Å². The Morgan fingerprint density at radius 2 is 1.81 bits per heavy atom. The van der Waals surface area contributed by atoms with E-state index in [-0.39, 0.29) is 5.91 Å². The first kappa shape index (κ1) is 18.0. The number of carbonyl (C=O) groups is 1. The van der Waals surface area contributed by atoms with Gasteiger partial charge >= 0.3 is 0 Å². The third-order valence-electron chi connectivity index (χ3n) is 5.00. The second-order valence-electron chi connectivity index (χ2n) is 6.58. The van der Waals surface area contributed by atoms with Gasteiger partial charge in [-0.05, 0) is 30.5 Å². The van der Waals surface area contributed by atoms with Crippen LogP contribution in [0.15, 0.2) is 54.6 Å². The number of ether oxygens (including phenoxy) is 1. The Labute approximate surface area is 154 Å². The summed E-state index contributed by atoms with van der Waals surface area (Å²) in [6.45, 7) is 1.76. The molecule has 1 saturated heterocycles. The fourth-order valence-electron chi connectivity index (χ4n) is 3.46. The highest BCUT2D eigenvalue weighted by Crippen LogP contribution is 2.34. The molecule has 1 N–H and O–H groups in total. The molecule has 2 aromatic rings. The van der Waals surface area contributed by atoms with Gasteiger partial charge in [-0.3, -0.25) is 9.69 Å². The summed E-state index contributed by atoms with van der Waals surface area (Å²) in [5.41, 5.74) is 1.30. The lowest BCUT2D eigenvalue weighted by Gasteiger charge is -2.37. The molecule has 3 rings (SSSR count). The van der Waals surface area contributed by atoms with Crippen molar-refractivity contribution >= 4 is 11.6 Å². The third-order valence-corrected chi connectivity index (χ3v) is 5.00. The van der Waals surface area contributed by atoms with Crippen molar-refractivity contribution in [1.82, 2.24) is 4.90 Å². The Morgan fingerprint density at radius 3 is 2.46 bits per heavy atom. The summed E-state index contributed by atoms with van der Waals surface area (Å²) in [5.74, 6) is 0.575. The SMILES string of the molecule is COc1ccccc1NC(=O)CN1CCC(C#N)(c2ccccc2)CC1. The summed E-state index contributed by atoms with van der Waals surface area (Å²) in [6, 6.07) is 19.8. The van der Waals surface area contributed by atoms with Gasteiger partial charge < -0.3 is 10.1 Å². The molecule has 0 bridgehead atoms. The first-order valence-electron chi connectivity index (χ1n) is 8.79. The number of nitriles is 1. The lowest BCUT2D eigenvalue weighted by Crippen LogP contribution is -2.44. The molecule has 1 aliphatic rings. The van der Waals surface area contributed by atoms with Crippen molar-refractivity contribution in [2.75, 3.05) is 32.1 Å². The van der Waals surface area contributed by atoms with E-state index >= 15 is 0 Å². The average Bonchev–Trinajstić information content (AvgIpc) is 2.70. The summed E-state index contributed by atoms with van der Waals surface area (Å²) < 4.78 is 5.26. The van der Waals surface area contributed by atoms with Gasteiger partial charge in [-0.2, -0.15) is 5.26 Å². The number of hydrogen-bond donors (Lipinski definition) is 1. The number of likely N-dealkylation sites (tertiary alicyclic amines) is 1. The molecule has 1 heterocycles. The maximum absolute atomic E-state index is 12.4. The van der Waals surface area contributed by atoms with E-state index in [0.717, 1.165) is 31.5 Å². The third kappa shape index (κ3) is 3.87. The number of nitrogens with zero attached hydrogens (tertiary/aromatic N) is 2. The number of piperidine rings is 1. The lowest BCUT2D eigenvalue weighted by atomic mass is 9.74. The van der Waals surface area contributed by atoms with E-state index in [2.05, 4.69) is 16.3 Å². The Hall–Kier alpha value is -2.84. The van der Waals surface area contributed by atoms with Crippen molar-refractivity contribution in [1.29, 1.82) is 5.26 Å². The quantitative estimate of drug-likeness (QED) is 0.900. The van der Waals surface area contributed by atoms with E-state index in [1.54, 1.807) is 7.11 Å². The van der Waals surface area contributed by atoms with E-state index in [4.69, 9.17) is 4.74 Å². The second-order valence-corrected chi connectivity index (χ2v) is 6.58. The van der Waals surface area contributed by atoms with E-state index < -0.39 is 5.41 Å². The highest BCUT2D eigenvalue weighted by molar-refractivity contribution is 5.93. The second kappa shape index (κ2) is 8.03. The molecule has 5 nitrogen and oxygen atoms in total. The smallest absolute Gasteiger partial charge is 0.238 e. The fraction of sp³-hybridized carbons (Fsp3) is 0.333. The number of benzene rings is 2. The molecule has 1 aliphatic heterocycles. The van der Waals surface area contributed by atoms with Crippen molar-refractivity contribution < 1.29 is 9.53 Å². The van der Waals surface area contributed by atoms with Crippen LogP contribution in [-0.2, 0) is 10.2 Å². The molecule has 0 aromatic heterocycles. The Bertz CT molecular complexity index is 790. The molecule has 134 valence electrons. The summed E-state index contributed by atoms with van der Waals surface area (Å²) in [4.78, 5) is 14.5. The van der Waals surface area contributed by atoms with Crippen LogP contribution in [0.2, 0.25) is 0 Å². The minimum atomic E-state index is -0.448. The summed E-state index contributed by atoms with van der Waals surface area (Å²) >= 11 is 0. The number of carbonyl (C=O) groups excluding carboxylic acids is 1. The number of amides is 1. The normalized spacial score (nSPS) is 16.5. The molecule has 1 amide bonds. The van der Waals surface area contributed by atoms with Gasteiger partial charge in [0.2, 0.25) is 5.91 Å². The van der Waals surface area contributed by atoms with Gasteiger partial charge in [0, 0.05) is 13.1 Å². The van der Waals surface area contributed by atoms with Gasteiger partial charge in [0.05, 0.1) is 30.8 Å². The molecule has 26 heavy (non-hydrogen) atoms. The molecule has 0 saturated carbocycles. The van der Waals surface area contributed by atoms with Crippen LogP contribution in [-0.4, -0.2) is 37.6 Å². The molecule has 0 unspecified atom stereocenters. The number of anilines is 1. The summed E-state index contributed by atoms with van der Waals surface area (Å²) in [5, 5.41) is 12.7. The van der Waals surface area contributed by atoms with E-state index in [1.165, 1.54) is 0 Å². The Kier molecular flexibility index (Phi) is 5.55. The predicted octanol–water partition coefficient (Wildman–Crippen LogP) is 3.19. The zero-order chi connectivity index (χ0) is 18.4. The fourth-order valence-corrected chi connectivity index (χ4v) is 3.46. The first-order chi connectivity index (χ1) is 12.7. The molecule has 0 atom stereocenters. The minimum absolute atomic E-state index is 0.0707. The molecule has 0 spiro atoms. The summed E-state index contributed by atoms with van der Waals surface area (Å²) in [7, 11) is 1.58. The van der Waals surface area contributed by atoms with Crippen molar-refractivity contribution in [2.24, 2.45) is 0 Å². The van der Waals surface area contributed by atoms with Crippen LogP contribution < -0.4 is 10.1 Å². The van der Waals surface area contributed by atoms with Crippen LogP contribution in [0.25, 0.3) is 0 Å². The maximum atomic E-state index is 12.4. The van der Waals surface area contributed by atoms with E-state index in [1.807, 2.05) is 54.6 Å². The molecule has 0 aliphatic carbocycles. The maximum Gasteiger partial charge on any atom is 0.238 e. The Morgan fingerprint density at radius 1 is 1.15 bits per heavy atom.